The Balaban J connectivity index is 1.42. The summed E-state index contributed by atoms with van der Waals surface area (Å²) in [5.74, 6) is 1.18. The lowest BCUT2D eigenvalue weighted by Crippen LogP contribution is -2.53. The van der Waals surface area contributed by atoms with Crippen molar-refractivity contribution >= 4 is 22.9 Å². The number of fused-ring (bicyclic) bond motifs is 2. The molecule has 1 aromatic heterocycles. The molecule has 1 atom stereocenters. The van der Waals surface area contributed by atoms with Crippen LogP contribution in [0.25, 0.3) is 0 Å². The highest BCUT2D eigenvalue weighted by atomic mass is 32.1. The van der Waals surface area contributed by atoms with Crippen LogP contribution >= 0.6 is 11.3 Å². The molecule has 0 spiro atoms. The van der Waals surface area contributed by atoms with Crippen LogP contribution in [-0.4, -0.2) is 48.4 Å². The van der Waals surface area contributed by atoms with Crippen molar-refractivity contribution < 1.29 is 0 Å². The molecule has 3 heterocycles. The molecule has 0 bridgehead atoms. The molecule has 154 valence electrons. The highest BCUT2D eigenvalue weighted by molar-refractivity contribution is 7.12. The maximum atomic E-state index is 5.23. The Morgan fingerprint density at radius 3 is 2.70 bits per heavy atom. The highest BCUT2D eigenvalue weighted by Gasteiger charge is 2.29. The van der Waals surface area contributed by atoms with E-state index in [2.05, 4.69) is 84.4 Å². The van der Waals surface area contributed by atoms with Gasteiger partial charge >= 0.3 is 0 Å². The van der Waals surface area contributed by atoms with E-state index >= 15 is 0 Å². The zero-order valence-electron chi connectivity index (χ0n) is 17.8. The maximum Gasteiger partial charge on any atom is 0.137 e. The van der Waals surface area contributed by atoms with Gasteiger partial charge in [-0.05, 0) is 50.1 Å². The Morgan fingerprint density at radius 1 is 1.03 bits per heavy atom. The molecule has 0 saturated carbocycles. The zero-order chi connectivity index (χ0) is 20.5. The van der Waals surface area contributed by atoms with E-state index < -0.39 is 0 Å². The number of piperazine rings is 1. The van der Waals surface area contributed by atoms with E-state index in [9.17, 15) is 0 Å². The topological polar surface area (TPSA) is 18.8 Å². The summed E-state index contributed by atoms with van der Waals surface area (Å²) in [6, 6.07) is 22.4. The van der Waals surface area contributed by atoms with E-state index in [4.69, 9.17) is 4.99 Å². The lowest BCUT2D eigenvalue weighted by Gasteiger charge is -2.41. The third kappa shape index (κ3) is 3.94. The van der Waals surface area contributed by atoms with Crippen LogP contribution in [0, 0.1) is 6.92 Å². The third-order valence-electron chi connectivity index (χ3n) is 6.43. The first-order valence-corrected chi connectivity index (χ1v) is 11.7. The van der Waals surface area contributed by atoms with Crippen LogP contribution in [0.15, 0.2) is 65.7 Å². The number of benzene rings is 2. The summed E-state index contributed by atoms with van der Waals surface area (Å²) >= 11 is 1.93. The van der Waals surface area contributed by atoms with Crippen LogP contribution in [0.2, 0.25) is 0 Å². The van der Waals surface area contributed by atoms with Gasteiger partial charge in [0.2, 0.25) is 0 Å². The molecular formula is C26H29N3S. The van der Waals surface area contributed by atoms with Crippen molar-refractivity contribution in [3.8, 4) is 0 Å². The molecule has 1 unspecified atom stereocenters. The Hall–Kier alpha value is -2.43. The lowest BCUT2D eigenvalue weighted by molar-refractivity contribution is 0.134. The fraction of sp³-hybridized carbons (Fsp3) is 0.346. The minimum Gasteiger partial charge on any atom is -0.353 e. The fourth-order valence-corrected chi connectivity index (χ4v) is 5.72. The molecular weight excluding hydrogens is 386 g/mol. The largest absolute Gasteiger partial charge is 0.353 e. The first kappa shape index (κ1) is 19.5. The van der Waals surface area contributed by atoms with E-state index in [0.717, 1.165) is 38.2 Å². The molecule has 4 heteroatoms. The van der Waals surface area contributed by atoms with Crippen LogP contribution < -0.4 is 0 Å². The van der Waals surface area contributed by atoms with Crippen LogP contribution in [0.5, 0.6) is 0 Å². The number of aryl methyl sites for hydroxylation is 2. The summed E-state index contributed by atoms with van der Waals surface area (Å²) < 4.78 is 0. The molecule has 0 N–H and O–H groups in total. The normalized spacial score (nSPS) is 19.1. The lowest BCUT2D eigenvalue weighted by atomic mass is 10.0. The molecule has 2 aliphatic rings. The van der Waals surface area contributed by atoms with E-state index in [0.29, 0.717) is 6.04 Å². The van der Waals surface area contributed by atoms with Gasteiger partial charge in [-0.15, -0.1) is 11.3 Å². The van der Waals surface area contributed by atoms with Crippen molar-refractivity contribution in [2.45, 2.75) is 32.2 Å². The molecule has 5 rings (SSSR count). The van der Waals surface area contributed by atoms with Gasteiger partial charge in [-0.3, -0.25) is 4.90 Å². The van der Waals surface area contributed by atoms with Gasteiger partial charge in [0.25, 0.3) is 0 Å². The van der Waals surface area contributed by atoms with Gasteiger partial charge in [0.05, 0.1) is 5.69 Å². The average Bonchev–Trinajstić information content (AvgIpc) is 3.05. The molecule has 0 aliphatic carbocycles. The summed E-state index contributed by atoms with van der Waals surface area (Å²) in [7, 11) is 2.28. The predicted molar refractivity (Wildman–Crippen MR) is 127 cm³/mol. The van der Waals surface area contributed by atoms with E-state index in [1.54, 1.807) is 0 Å². The number of thiophene rings is 1. The van der Waals surface area contributed by atoms with E-state index in [-0.39, 0.29) is 0 Å². The number of para-hydroxylation sites is 1. The minimum atomic E-state index is 0.545. The van der Waals surface area contributed by atoms with Crippen molar-refractivity contribution in [3.63, 3.8) is 0 Å². The average molecular weight is 416 g/mol. The van der Waals surface area contributed by atoms with Gasteiger partial charge < -0.3 is 4.90 Å². The zero-order valence-corrected chi connectivity index (χ0v) is 18.7. The molecule has 3 aromatic rings. The Bertz CT molecular complexity index is 1050. The van der Waals surface area contributed by atoms with Crippen LogP contribution in [0.1, 0.15) is 32.9 Å². The molecule has 2 aliphatic heterocycles. The van der Waals surface area contributed by atoms with E-state index in [1.165, 1.54) is 38.7 Å². The van der Waals surface area contributed by atoms with Gasteiger partial charge in [-0.2, -0.15) is 0 Å². The second-order valence-corrected chi connectivity index (χ2v) is 9.88. The Labute approximate surface area is 183 Å². The summed E-state index contributed by atoms with van der Waals surface area (Å²) in [6.45, 7) is 5.38. The molecule has 30 heavy (non-hydrogen) atoms. The van der Waals surface area contributed by atoms with Crippen molar-refractivity contribution in [1.82, 2.24) is 9.80 Å². The standard InChI is InChI=1S/C26H29N3S/c1-19-16-23-25(30-19)17-21-10-6-7-11-24(21)27-26(23)29-15-14-28(2)22(18-29)13-12-20-8-4-3-5-9-20/h3-11,16,22H,12-15,17-18H2,1-2H3. The molecule has 3 nitrogen and oxygen atoms in total. The second-order valence-electron chi connectivity index (χ2n) is 8.54. The third-order valence-corrected chi connectivity index (χ3v) is 7.48. The van der Waals surface area contributed by atoms with E-state index in [1.807, 2.05) is 11.3 Å². The summed E-state index contributed by atoms with van der Waals surface area (Å²) in [6.07, 6.45) is 3.29. The molecule has 0 amide bonds. The monoisotopic (exact) mass is 415 g/mol. The number of nitrogens with zero attached hydrogens (tertiary/aromatic N) is 3. The number of amidine groups is 1. The number of hydrogen-bond acceptors (Lipinski definition) is 4. The van der Waals surface area contributed by atoms with Gasteiger partial charge in [-0.1, -0.05) is 48.5 Å². The quantitative estimate of drug-likeness (QED) is 0.579. The highest BCUT2D eigenvalue weighted by Crippen LogP contribution is 2.34. The van der Waals surface area contributed by atoms with Gasteiger partial charge in [0.15, 0.2) is 0 Å². The number of rotatable bonds is 3. The van der Waals surface area contributed by atoms with Crippen molar-refractivity contribution in [2.24, 2.45) is 4.99 Å². The SMILES string of the molecule is Cc1cc2c(s1)Cc1ccccc1N=C2N1CCN(C)C(CCc2ccccc2)C1. The summed E-state index contributed by atoms with van der Waals surface area (Å²) in [5.41, 5.74) is 5.25. The molecule has 1 fully saturated rings. The van der Waals surface area contributed by atoms with Crippen LogP contribution in [-0.2, 0) is 12.8 Å². The second kappa shape index (κ2) is 8.37. The number of aliphatic imine (C=N–C) groups is 1. The predicted octanol–water partition coefficient (Wildman–Crippen LogP) is 5.29. The van der Waals surface area contributed by atoms with Gasteiger partial charge in [-0.25, -0.2) is 4.99 Å². The van der Waals surface area contributed by atoms with Crippen LogP contribution in [0.4, 0.5) is 5.69 Å². The smallest absolute Gasteiger partial charge is 0.137 e. The van der Waals surface area contributed by atoms with Crippen molar-refractivity contribution in [2.75, 3.05) is 26.7 Å². The first-order chi connectivity index (χ1) is 14.7. The van der Waals surface area contributed by atoms with Gasteiger partial charge in [0, 0.05) is 47.4 Å². The van der Waals surface area contributed by atoms with Crippen molar-refractivity contribution in [1.29, 1.82) is 0 Å². The first-order valence-electron chi connectivity index (χ1n) is 10.9. The number of hydrogen-bond donors (Lipinski definition) is 0. The molecule has 1 saturated heterocycles. The minimum absolute atomic E-state index is 0.545. The molecule has 0 radical (unpaired) electrons. The molecule has 2 aromatic carbocycles. The summed E-state index contributed by atoms with van der Waals surface area (Å²) in [4.78, 5) is 13.1. The van der Waals surface area contributed by atoms with Gasteiger partial charge in [0.1, 0.15) is 5.84 Å². The maximum absolute atomic E-state index is 5.23. The van der Waals surface area contributed by atoms with Crippen molar-refractivity contribution in [3.05, 3.63) is 87.1 Å². The Kier molecular flexibility index (Phi) is 5.45. The number of likely N-dealkylation sites (N-methyl/N-ethyl adjacent to an activating group) is 1. The fourth-order valence-electron chi connectivity index (χ4n) is 4.67. The summed E-state index contributed by atoms with van der Waals surface area (Å²) in [5, 5.41) is 0. The Morgan fingerprint density at radius 2 is 1.83 bits per heavy atom. The van der Waals surface area contributed by atoms with Crippen LogP contribution in [0.3, 0.4) is 0 Å².